The van der Waals surface area contributed by atoms with Crippen LogP contribution in [-0.4, -0.2) is 56.1 Å². The maximum atomic E-state index is 9.98. The van der Waals surface area contributed by atoms with Gasteiger partial charge in [-0.2, -0.15) is 0 Å². The lowest BCUT2D eigenvalue weighted by molar-refractivity contribution is 0.0807. The van der Waals surface area contributed by atoms with Crippen molar-refractivity contribution in [1.29, 1.82) is 0 Å². The van der Waals surface area contributed by atoms with Crippen molar-refractivity contribution in [2.24, 2.45) is 0 Å². The lowest BCUT2D eigenvalue weighted by Crippen LogP contribution is -2.42. The minimum atomic E-state index is -0.401. The highest BCUT2D eigenvalue weighted by molar-refractivity contribution is 5.37. The maximum Gasteiger partial charge on any atom is 0.124 e. The summed E-state index contributed by atoms with van der Waals surface area (Å²) in [5, 5.41) is 9.98. The number of nitrogens with zero attached hydrogens (tertiary/aromatic N) is 1. The Morgan fingerprint density at radius 2 is 2.14 bits per heavy atom. The van der Waals surface area contributed by atoms with Crippen molar-refractivity contribution in [3.8, 4) is 5.75 Å². The Kier molecular flexibility index (Phi) is 5.99. The molecule has 1 saturated heterocycles. The summed E-state index contributed by atoms with van der Waals surface area (Å²) in [6, 6.07) is 6.21. The summed E-state index contributed by atoms with van der Waals surface area (Å²) < 4.78 is 15.9. The average molecular weight is 295 g/mol. The van der Waals surface area contributed by atoms with Gasteiger partial charge in [-0.3, -0.25) is 4.90 Å². The Bertz CT molecular complexity index is 452. The zero-order valence-electron chi connectivity index (χ0n) is 13.0. The van der Waals surface area contributed by atoms with Crippen LogP contribution in [0.3, 0.4) is 0 Å². The van der Waals surface area contributed by atoms with Gasteiger partial charge in [0.05, 0.1) is 39.1 Å². The third kappa shape index (κ3) is 3.95. The highest BCUT2D eigenvalue weighted by Crippen LogP contribution is 2.23. The van der Waals surface area contributed by atoms with E-state index in [1.54, 1.807) is 14.2 Å². The number of methoxy groups -OCH3 is 2. The summed E-state index contributed by atoms with van der Waals surface area (Å²) in [5.74, 6) is 0.841. The fourth-order valence-corrected chi connectivity index (χ4v) is 2.78. The molecule has 0 bridgehead atoms. The standard InChI is InChI=1S/C16H25NO4/c1-4-17(14-10-21-11-15(14)18)8-12-5-6-16(20-3)13(7-12)9-19-2/h5-7,14-15,18H,4,8-11H2,1-3H3/t14-,15-/m1/s1. The fourth-order valence-electron chi connectivity index (χ4n) is 2.78. The Morgan fingerprint density at radius 3 is 2.71 bits per heavy atom. The van der Waals surface area contributed by atoms with Gasteiger partial charge in [-0.15, -0.1) is 0 Å². The van der Waals surface area contributed by atoms with Crippen LogP contribution in [0.25, 0.3) is 0 Å². The summed E-state index contributed by atoms with van der Waals surface area (Å²) >= 11 is 0. The second-order valence-corrected chi connectivity index (χ2v) is 5.31. The quantitative estimate of drug-likeness (QED) is 0.824. The normalized spacial score (nSPS) is 22.0. The van der Waals surface area contributed by atoms with Gasteiger partial charge in [-0.25, -0.2) is 0 Å². The number of rotatable bonds is 7. The Labute approximate surface area is 126 Å². The molecule has 1 aromatic carbocycles. The maximum absolute atomic E-state index is 9.98. The van der Waals surface area contributed by atoms with Crippen LogP contribution in [-0.2, 0) is 22.6 Å². The molecule has 118 valence electrons. The molecule has 1 N–H and O–H groups in total. The van der Waals surface area contributed by atoms with Crippen LogP contribution in [0.15, 0.2) is 18.2 Å². The summed E-state index contributed by atoms with van der Waals surface area (Å²) in [5.41, 5.74) is 2.22. The van der Waals surface area contributed by atoms with Crippen molar-refractivity contribution in [2.75, 3.05) is 34.0 Å². The molecule has 0 aromatic heterocycles. The highest BCUT2D eigenvalue weighted by Gasteiger charge is 2.30. The van der Waals surface area contributed by atoms with Crippen molar-refractivity contribution >= 4 is 0 Å². The van der Waals surface area contributed by atoms with E-state index in [0.717, 1.165) is 24.4 Å². The molecular formula is C16H25NO4. The molecule has 21 heavy (non-hydrogen) atoms. The van der Waals surface area contributed by atoms with Gasteiger partial charge >= 0.3 is 0 Å². The molecule has 0 radical (unpaired) electrons. The second-order valence-electron chi connectivity index (χ2n) is 5.31. The zero-order valence-corrected chi connectivity index (χ0v) is 13.0. The molecule has 0 amide bonds. The zero-order chi connectivity index (χ0) is 15.2. The lowest BCUT2D eigenvalue weighted by Gasteiger charge is -2.28. The minimum Gasteiger partial charge on any atom is -0.496 e. The van der Waals surface area contributed by atoms with Gasteiger partial charge in [0.15, 0.2) is 0 Å². The van der Waals surface area contributed by atoms with E-state index in [0.29, 0.717) is 19.8 Å². The molecule has 1 aliphatic heterocycles. The van der Waals surface area contributed by atoms with E-state index in [2.05, 4.69) is 24.0 Å². The van der Waals surface area contributed by atoms with E-state index in [9.17, 15) is 5.11 Å². The molecular weight excluding hydrogens is 270 g/mol. The number of ether oxygens (including phenoxy) is 3. The van der Waals surface area contributed by atoms with Crippen LogP contribution in [0.4, 0.5) is 0 Å². The number of benzene rings is 1. The third-order valence-corrected chi connectivity index (χ3v) is 3.93. The van der Waals surface area contributed by atoms with E-state index in [4.69, 9.17) is 14.2 Å². The van der Waals surface area contributed by atoms with Crippen molar-refractivity contribution in [3.05, 3.63) is 29.3 Å². The Balaban J connectivity index is 2.11. The van der Waals surface area contributed by atoms with Gasteiger partial charge < -0.3 is 19.3 Å². The van der Waals surface area contributed by atoms with Gasteiger partial charge in [0.25, 0.3) is 0 Å². The van der Waals surface area contributed by atoms with E-state index < -0.39 is 6.10 Å². The van der Waals surface area contributed by atoms with Crippen LogP contribution in [0.5, 0.6) is 5.75 Å². The number of aliphatic hydroxyl groups is 1. The predicted octanol–water partition coefficient (Wildman–Crippen LogP) is 1.42. The first-order valence-corrected chi connectivity index (χ1v) is 7.34. The SMILES string of the molecule is CCN(Cc1ccc(OC)c(COC)c1)[C@@H]1COC[C@H]1O. The first kappa shape index (κ1) is 16.2. The number of hydrogen-bond acceptors (Lipinski definition) is 5. The van der Waals surface area contributed by atoms with Crippen molar-refractivity contribution in [1.82, 2.24) is 4.90 Å². The first-order chi connectivity index (χ1) is 10.2. The average Bonchev–Trinajstić information content (AvgIpc) is 2.91. The van der Waals surface area contributed by atoms with Gasteiger partial charge in [0, 0.05) is 19.2 Å². The number of hydrogen-bond donors (Lipinski definition) is 1. The first-order valence-electron chi connectivity index (χ1n) is 7.34. The molecule has 1 aliphatic rings. The molecule has 0 spiro atoms. The molecule has 2 rings (SSSR count). The number of aliphatic hydroxyl groups excluding tert-OH is 1. The summed E-state index contributed by atoms with van der Waals surface area (Å²) in [4.78, 5) is 2.25. The Morgan fingerprint density at radius 1 is 1.33 bits per heavy atom. The topological polar surface area (TPSA) is 51.2 Å². The van der Waals surface area contributed by atoms with Crippen LogP contribution in [0, 0.1) is 0 Å². The second kappa shape index (κ2) is 7.75. The molecule has 5 heteroatoms. The van der Waals surface area contributed by atoms with Crippen LogP contribution >= 0.6 is 0 Å². The molecule has 0 aliphatic carbocycles. The van der Waals surface area contributed by atoms with E-state index in [1.807, 2.05) is 6.07 Å². The van der Waals surface area contributed by atoms with E-state index in [1.165, 1.54) is 5.56 Å². The summed E-state index contributed by atoms with van der Waals surface area (Å²) in [6.07, 6.45) is -0.401. The smallest absolute Gasteiger partial charge is 0.124 e. The van der Waals surface area contributed by atoms with Crippen LogP contribution in [0.1, 0.15) is 18.1 Å². The van der Waals surface area contributed by atoms with E-state index >= 15 is 0 Å². The van der Waals surface area contributed by atoms with Gasteiger partial charge in [0.1, 0.15) is 5.75 Å². The van der Waals surface area contributed by atoms with Crippen LogP contribution < -0.4 is 4.74 Å². The molecule has 1 aromatic rings. The van der Waals surface area contributed by atoms with Crippen molar-refractivity contribution in [3.63, 3.8) is 0 Å². The Hall–Kier alpha value is -1.14. The fraction of sp³-hybridized carbons (Fsp3) is 0.625. The minimum absolute atomic E-state index is 0.0722. The molecule has 1 fully saturated rings. The van der Waals surface area contributed by atoms with Gasteiger partial charge in [-0.1, -0.05) is 13.0 Å². The molecule has 0 saturated carbocycles. The van der Waals surface area contributed by atoms with Gasteiger partial charge in [-0.05, 0) is 24.2 Å². The predicted molar refractivity (Wildman–Crippen MR) is 80.4 cm³/mol. The van der Waals surface area contributed by atoms with Crippen molar-refractivity contribution in [2.45, 2.75) is 32.2 Å². The lowest BCUT2D eigenvalue weighted by atomic mass is 10.1. The van der Waals surface area contributed by atoms with Crippen LogP contribution in [0.2, 0.25) is 0 Å². The number of likely N-dealkylation sites (N-methyl/N-ethyl adjacent to an activating group) is 1. The molecule has 0 unspecified atom stereocenters. The summed E-state index contributed by atoms with van der Waals surface area (Å²) in [7, 11) is 3.34. The van der Waals surface area contributed by atoms with Crippen molar-refractivity contribution < 1.29 is 19.3 Å². The highest BCUT2D eigenvalue weighted by atomic mass is 16.5. The third-order valence-electron chi connectivity index (χ3n) is 3.93. The monoisotopic (exact) mass is 295 g/mol. The largest absolute Gasteiger partial charge is 0.496 e. The molecule has 1 heterocycles. The molecule has 2 atom stereocenters. The van der Waals surface area contributed by atoms with E-state index in [-0.39, 0.29) is 6.04 Å². The van der Waals surface area contributed by atoms with Gasteiger partial charge in [0.2, 0.25) is 0 Å². The molecule has 5 nitrogen and oxygen atoms in total. The summed E-state index contributed by atoms with van der Waals surface area (Å²) in [6.45, 7) is 5.30.